The predicted octanol–water partition coefficient (Wildman–Crippen LogP) is 1.21. The van der Waals surface area contributed by atoms with Crippen molar-refractivity contribution in [3.05, 3.63) is 24.5 Å². The average molecular weight is 232 g/mol. The molecule has 2 aromatic heterocycles. The van der Waals surface area contributed by atoms with Crippen molar-refractivity contribution in [2.75, 3.05) is 43.6 Å². The first kappa shape index (κ1) is 10.4. The Hall–Kier alpha value is -1.75. The van der Waals surface area contributed by atoms with Gasteiger partial charge in [0, 0.05) is 26.3 Å². The van der Waals surface area contributed by atoms with Crippen LogP contribution in [0.1, 0.15) is 0 Å². The molecule has 1 saturated heterocycles. The number of nitrogens with one attached hydrogen (secondary N) is 1. The quantitative estimate of drug-likeness (QED) is 0.845. The van der Waals surface area contributed by atoms with E-state index >= 15 is 0 Å². The Morgan fingerprint density at radius 2 is 2.18 bits per heavy atom. The first-order valence-corrected chi connectivity index (χ1v) is 5.87. The molecule has 0 saturated carbocycles. The molecule has 17 heavy (non-hydrogen) atoms. The number of morpholine rings is 1. The summed E-state index contributed by atoms with van der Waals surface area (Å²) in [7, 11) is 1.93. The maximum absolute atomic E-state index is 5.40. The van der Waals surface area contributed by atoms with Crippen LogP contribution in [0.4, 0.5) is 11.4 Å². The summed E-state index contributed by atoms with van der Waals surface area (Å²) in [5, 5.41) is 7.58. The van der Waals surface area contributed by atoms with E-state index in [2.05, 4.69) is 21.4 Å². The monoisotopic (exact) mass is 232 g/mol. The van der Waals surface area contributed by atoms with Gasteiger partial charge in [0.15, 0.2) is 0 Å². The van der Waals surface area contributed by atoms with Crippen molar-refractivity contribution in [1.82, 2.24) is 9.61 Å². The van der Waals surface area contributed by atoms with Gasteiger partial charge >= 0.3 is 0 Å². The van der Waals surface area contributed by atoms with E-state index in [4.69, 9.17) is 4.74 Å². The van der Waals surface area contributed by atoms with Crippen molar-refractivity contribution >= 4 is 16.9 Å². The summed E-state index contributed by atoms with van der Waals surface area (Å²) >= 11 is 0. The van der Waals surface area contributed by atoms with Gasteiger partial charge in [-0.25, -0.2) is 4.52 Å². The fourth-order valence-corrected chi connectivity index (χ4v) is 2.28. The van der Waals surface area contributed by atoms with Crippen LogP contribution in [-0.2, 0) is 4.74 Å². The number of anilines is 2. The lowest BCUT2D eigenvalue weighted by Gasteiger charge is -2.30. The van der Waals surface area contributed by atoms with Crippen LogP contribution in [0, 0.1) is 0 Å². The van der Waals surface area contributed by atoms with Gasteiger partial charge in [-0.2, -0.15) is 5.10 Å². The fourth-order valence-electron chi connectivity index (χ4n) is 2.28. The number of hydrogen-bond donors (Lipinski definition) is 1. The molecule has 1 aliphatic heterocycles. The van der Waals surface area contributed by atoms with Gasteiger partial charge in [0.05, 0.1) is 36.3 Å². The summed E-state index contributed by atoms with van der Waals surface area (Å²) in [5.74, 6) is 0. The standard InChI is InChI=1S/C12H16N4O/c1-13-10-9-14-16-4-2-3-11(16)12(10)15-5-7-17-8-6-15/h2-4,9,13H,5-8H2,1H3. The number of aromatic nitrogens is 2. The zero-order valence-corrected chi connectivity index (χ0v) is 9.89. The van der Waals surface area contributed by atoms with Gasteiger partial charge in [0.25, 0.3) is 0 Å². The van der Waals surface area contributed by atoms with E-state index in [1.165, 1.54) is 5.69 Å². The van der Waals surface area contributed by atoms with E-state index in [0.29, 0.717) is 0 Å². The van der Waals surface area contributed by atoms with Gasteiger partial charge in [-0.3, -0.25) is 0 Å². The number of nitrogens with zero attached hydrogens (tertiary/aromatic N) is 3. The predicted molar refractivity (Wildman–Crippen MR) is 67.8 cm³/mol. The summed E-state index contributed by atoms with van der Waals surface area (Å²) in [6.07, 6.45) is 3.84. The minimum atomic E-state index is 0.790. The molecule has 1 aliphatic rings. The van der Waals surface area contributed by atoms with Crippen LogP contribution in [0.2, 0.25) is 0 Å². The van der Waals surface area contributed by atoms with Crippen molar-refractivity contribution < 1.29 is 4.74 Å². The second-order valence-electron chi connectivity index (χ2n) is 4.09. The van der Waals surface area contributed by atoms with Crippen molar-refractivity contribution in [2.24, 2.45) is 0 Å². The first-order chi connectivity index (χ1) is 8.40. The lowest BCUT2D eigenvalue weighted by atomic mass is 10.2. The average Bonchev–Trinajstić information content (AvgIpc) is 2.86. The van der Waals surface area contributed by atoms with Crippen LogP contribution in [0.25, 0.3) is 5.52 Å². The molecule has 0 spiro atoms. The Balaban J connectivity index is 2.12. The summed E-state index contributed by atoms with van der Waals surface area (Å²) in [6.45, 7) is 3.44. The zero-order chi connectivity index (χ0) is 11.7. The zero-order valence-electron chi connectivity index (χ0n) is 9.89. The van der Waals surface area contributed by atoms with Crippen molar-refractivity contribution in [3.8, 4) is 0 Å². The van der Waals surface area contributed by atoms with E-state index in [0.717, 1.165) is 37.5 Å². The largest absolute Gasteiger partial charge is 0.385 e. The van der Waals surface area contributed by atoms with E-state index in [1.807, 2.05) is 30.0 Å². The second-order valence-corrected chi connectivity index (χ2v) is 4.09. The van der Waals surface area contributed by atoms with Gasteiger partial charge in [-0.15, -0.1) is 0 Å². The highest BCUT2D eigenvalue weighted by molar-refractivity contribution is 5.85. The highest BCUT2D eigenvalue weighted by Crippen LogP contribution is 2.30. The van der Waals surface area contributed by atoms with Crippen LogP contribution in [0.3, 0.4) is 0 Å². The van der Waals surface area contributed by atoms with Crippen LogP contribution in [-0.4, -0.2) is 43.0 Å². The Labute approximate surface area is 100.0 Å². The molecule has 0 unspecified atom stereocenters. The summed E-state index contributed by atoms with van der Waals surface area (Å²) < 4.78 is 7.31. The second kappa shape index (κ2) is 4.25. The molecule has 0 aromatic carbocycles. The molecule has 0 amide bonds. The van der Waals surface area contributed by atoms with Gasteiger partial charge < -0.3 is 15.0 Å². The molecule has 0 aliphatic carbocycles. The topological polar surface area (TPSA) is 41.8 Å². The molecular weight excluding hydrogens is 216 g/mol. The van der Waals surface area contributed by atoms with E-state index in [1.54, 1.807) is 0 Å². The highest BCUT2D eigenvalue weighted by Gasteiger charge is 2.17. The van der Waals surface area contributed by atoms with Crippen LogP contribution < -0.4 is 10.2 Å². The van der Waals surface area contributed by atoms with Gasteiger partial charge in [-0.05, 0) is 12.1 Å². The summed E-state index contributed by atoms with van der Waals surface area (Å²) in [5.41, 5.74) is 3.42. The van der Waals surface area contributed by atoms with Crippen LogP contribution in [0.5, 0.6) is 0 Å². The van der Waals surface area contributed by atoms with Gasteiger partial charge in [0.1, 0.15) is 0 Å². The van der Waals surface area contributed by atoms with Crippen LogP contribution >= 0.6 is 0 Å². The molecule has 3 rings (SSSR count). The van der Waals surface area contributed by atoms with Gasteiger partial charge in [-0.1, -0.05) is 0 Å². The Kier molecular flexibility index (Phi) is 2.60. The molecule has 0 bridgehead atoms. The normalized spacial score (nSPS) is 16.4. The molecule has 5 nitrogen and oxygen atoms in total. The minimum absolute atomic E-state index is 0.790. The van der Waals surface area contributed by atoms with Crippen molar-refractivity contribution in [2.45, 2.75) is 0 Å². The first-order valence-electron chi connectivity index (χ1n) is 5.87. The number of rotatable bonds is 2. The van der Waals surface area contributed by atoms with Gasteiger partial charge in [0.2, 0.25) is 0 Å². The maximum Gasteiger partial charge on any atom is 0.0901 e. The molecule has 5 heteroatoms. The molecule has 2 aromatic rings. The van der Waals surface area contributed by atoms with E-state index in [-0.39, 0.29) is 0 Å². The molecule has 0 radical (unpaired) electrons. The third kappa shape index (κ3) is 1.72. The molecule has 0 atom stereocenters. The van der Waals surface area contributed by atoms with E-state index in [9.17, 15) is 0 Å². The molecular formula is C12H16N4O. The number of fused-ring (bicyclic) bond motifs is 1. The Morgan fingerprint density at radius 1 is 1.35 bits per heavy atom. The van der Waals surface area contributed by atoms with Crippen molar-refractivity contribution in [3.63, 3.8) is 0 Å². The number of hydrogen-bond acceptors (Lipinski definition) is 4. The fraction of sp³-hybridized carbons (Fsp3) is 0.417. The third-order valence-corrected chi connectivity index (χ3v) is 3.13. The number of ether oxygens (including phenoxy) is 1. The summed E-state index contributed by atoms with van der Waals surface area (Å²) in [6, 6.07) is 4.12. The maximum atomic E-state index is 5.40. The Bertz CT molecular complexity index is 516. The lowest BCUT2D eigenvalue weighted by molar-refractivity contribution is 0.123. The summed E-state index contributed by atoms with van der Waals surface area (Å²) in [4.78, 5) is 2.35. The molecule has 3 heterocycles. The molecule has 90 valence electrons. The van der Waals surface area contributed by atoms with Crippen LogP contribution in [0.15, 0.2) is 24.5 Å². The lowest BCUT2D eigenvalue weighted by Crippen LogP contribution is -2.37. The smallest absolute Gasteiger partial charge is 0.0901 e. The van der Waals surface area contributed by atoms with Crippen molar-refractivity contribution in [1.29, 1.82) is 0 Å². The Morgan fingerprint density at radius 3 is 2.94 bits per heavy atom. The molecule has 1 fully saturated rings. The SMILES string of the molecule is CNc1cnn2cccc2c1N1CCOCC1. The highest BCUT2D eigenvalue weighted by atomic mass is 16.5. The van der Waals surface area contributed by atoms with E-state index < -0.39 is 0 Å². The molecule has 1 N–H and O–H groups in total. The minimum Gasteiger partial charge on any atom is -0.385 e. The third-order valence-electron chi connectivity index (χ3n) is 3.13.